The van der Waals surface area contributed by atoms with Crippen LogP contribution >= 0.6 is 0 Å². The third kappa shape index (κ3) is 5.96. The molecule has 0 radical (unpaired) electrons. The Kier molecular flexibility index (Phi) is 8.28. The Morgan fingerprint density at radius 2 is 2.05 bits per heavy atom. The van der Waals surface area contributed by atoms with Crippen LogP contribution in [0.3, 0.4) is 0 Å². The first-order valence-electron chi connectivity index (χ1n) is 6.70. The molecule has 0 atom stereocenters. The zero-order chi connectivity index (χ0) is 14.6. The van der Waals surface area contributed by atoms with Gasteiger partial charge in [0.1, 0.15) is 11.5 Å². The number of hydrogen-bond acceptors (Lipinski definition) is 4. The quantitative estimate of drug-likeness (QED) is 0.555. The van der Waals surface area contributed by atoms with Crippen molar-refractivity contribution in [2.24, 2.45) is 0 Å². The minimum absolute atomic E-state index is 0.582. The molecule has 1 aromatic rings. The number of nitrogens with one attached hydrogen (secondary N) is 1. The maximum absolute atomic E-state index is 5.78. The molecule has 0 fully saturated rings. The van der Waals surface area contributed by atoms with Crippen LogP contribution in [0.15, 0.2) is 18.2 Å². The normalized spacial score (nSPS) is 9.75. The van der Waals surface area contributed by atoms with Crippen molar-refractivity contribution in [3.8, 4) is 23.3 Å². The summed E-state index contributed by atoms with van der Waals surface area (Å²) in [4.78, 5) is 0. The highest BCUT2D eigenvalue weighted by atomic mass is 16.5. The Morgan fingerprint density at radius 1 is 1.20 bits per heavy atom. The smallest absolute Gasteiger partial charge is 0.127 e. The van der Waals surface area contributed by atoms with Crippen LogP contribution in [0.1, 0.15) is 18.9 Å². The van der Waals surface area contributed by atoms with Crippen LogP contribution in [0.4, 0.5) is 0 Å². The molecule has 0 aliphatic rings. The molecule has 0 aliphatic heterocycles. The summed E-state index contributed by atoms with van der Waals surface area (Å²) in [5.41, 5.74) is 1.10. The van der Waals surface area contributed by atoms with Crippen LogP contribution in [-0.2, 0) is 11.3 Å². The molecule has 0 spiro atoms. The van der Waals surface area contributed by atoms with Gasteiger partial charge < -0.3 is 19.5 Å². The molecule has 0 heterocycles. The summed E-state index contributed by atoms with van der Waals surface area (Å²) in [6.07, 6.45) is 0.726. The van der Waals surface area contributed by atoms with Gasteiger partial charge in [-0.25, -0.2) is 0 Å². The lowest BCUT2D eigenvalue weighted by Crippen LogP contribution is -2.19. The monoisotopic (exact) mass is 277 g/mol. The Hall–Kier alpha value is -1.70. The number of hydrogen-bond donors (Lipinski definition) is 1. The van der Waals surface area contributed by atoms with Gasteiger partial charge in [0, 0.05) is 38.2 Å². The van der Waals surface area contributed by atoms with Gasteiger partial charge >= 0.3 is 0 Å². The fraction of sp³-hybridized carbons (Fsp3) is 0.500. The van der Waals surface area contributed by atoms with Gasteiger partial charge in [-0.15, -0.1) is 11.8 Å². The number of methoxy groups -OCH3 is 2. The molecule has 1 rings (SSSR count). The predicted octanol–water partition coefficient (Wildman–Crippen LogP) is 2.22. The summed E-state index contributed by atoms with van der Waals surface area (Å²) < 4.78 is 16.0. The molecule has 0 unspecified atom stereocenters. The van der Waals surface area contributed by atoms with Crippen molar-refractivity contribution in [1.29, 1.82) is 0 Å². The SMILES string of the molecule is CC#CCCOc1cc(OC)ccc1CNCCOC. The van der Waals surface area contributed by atoms with E-state index in [2.05, 4.69) is 17.2 Å². The zero-order valence-electron chi connectivity index (χ0n) is 12.5. The second-order valence-corrected chi connectivity index (χ2v) is 4.17. The number of rotatable bonds is 9. The standard InChI is InChI=1S/C16H23NO3/c1-4-5-6-10-20-16-12-15(19-3)8-7-14(16)13-17-9-11-18-2/h7-8,12,17H,6,9-11,13H2,1-3H3. The maximum atomic E-state index is 5.78. The van der Waals surface area contributed by atoms with Crippen LogP contribution in [0, 0.1) is 11.8 Å². The van der Waals surface area contributed by atoms with Gasteiger partial charge in [0.2, 0.25) is 0 Å². The van der Waals surface area contributed by atoms with Gasteiger partial charge in [0.05, 0.1) is 20.3 Å². The average Bonchev–Trinajstić information content (AvgIpc) is 2.49. The fourth-order valence-corrected chi connectivity index (χ4v) is 1.68. The van der Waals surface area contributed by atoms with Crippen LogP contribution in [0.2, 0.25) is 0 Å². The highest BCUT2D eigenvalue weighted by molar-refractivity contribution is 5.40. The van der Waals surface area contributed by atoms with Crippen LogP contribution < -0.4 is 14.8 Å². The lowest BCUT2D eigenvalue weighted by molar-refractivity contribution is 0.199. The van der Waals surface area contributed by atoms with Crippen LogP contribution in [0.25, 0.3) is 0 Å². The Morgan fingerprint density at radius 3 is 2.75 bits per heavy atom. The van der Waals surface area contributed by atoms with Gasteiger partial charge in [0.15, 0.2) is 0 Å². The molecule has 1 N–H and O–H groups in total. The minimum atomic E-state index is 0.582. The Labute approximate surface area is 121 Å². The largest absolute Gasteiger partial charge is 0.497 e. The summed E-state index contributed by atoms with van der Waals surface area (Å²) in [5.74, 6) is 7.48. The summed E-state index contributed by atoms with van der Waals surface area (Å²) in [5, 5.41) is 3.31. The predicted molar refractivity (Wildman–Crippen MR) is 80.1 cm³/mol. The average molecular weight is 277 g/mol. The molecule has 4 heteroatoms. The summed E-state index contributed by atoms with van der Waals surface area (Å²) in [6, 6.07) is 5.86. The Balaban J connectivity index is 2.62. The van der Waals surface area contributed by atoms with Crippen molar-refractivity contribution in [3.63, 3.8) is 0 Å². The van der Waals surface area contributed by atoms with Gasteiger partial charge in [0.25, 0.3) is 0 Å². The van der Waals surface area contributed by atoms with Crippen molar-refractivity contribution >= 4 is 0 Å². The molecular formula is C16H23NO3. The van der Waals surface area contributed by atoms with Crippen molar-refractivity contribution in [1.82, 2.24) is 5.32 Å². The van der Waals surface area contributed by atoms with Crippen LogP contribution in [-0.4, -0.2) is 34.0 Å². The van der Waals surface area contributed by atoms with E-state index in [0.717, 1.165) is 36.6 Å². The van der Waals surface area contributed by atoms with E-state index in [9.17, 15) is 0 Å². The Bertz CT molecular complexity index is 449. The second kappa shape index (κ2) is 10.1. The first-order chi connectivity index (χ1) is 9.81. The lowest BCUT2D eigenvalue weighted by atomic mass is 10.2. The fourth-order valence-electron chi connectivity index (χ4n) is 1.68. The number of ether oxygens (including phenoxy) is 3. The third-order valence-electron chi connectivity index (χ3n) is 2.73. The van der Waals surface area contributed by atoms with Crippen molar-refractivity contribution in [2.75, 3.05) is 34.0 Å². The van der Waals surface area contributed by atoms with E-state index in [-0.39, 0.29) is 0 Å². The van der Waals surface area contributed by atoms with E-state index in [1.807, 2.05) is 25.1 Å². The van der Waals surface area contributed by atoms with Gasteiger partial charge in [-0.3, -0.25) is 0 Å². The number of benzene rings is 1. The van der Waals surface area contributed by atoms with E-state index < -0.39 is 0 Å². The molecule has 0 aromatic heterocycles. The van der Waals surface area contributed by atoms with Gasteiger partial charge in [-0.05, 0) is 13.0 Å². The van der Waals surface area contributed by atoms with E-state index in [1.165, 1.54) is 0 Å². The highest BCUT2D eigenvalue weighted by Crippen LogP contribution is 2.24. The zero-order valence-corrected chi connectivity index (χ0v) is 12.5. The lowest BCUT2D eigenvalue weighted by Gasteiger charge is -2.13. The van der Waals surface area contributed by atoms with E-state index in [4.69, 9.17) is 14.2 Å². The highest BCUT2D eigenvalue weighted by Gasteiger charge is 2.05. The van der Waals surface area contributed by atoms with Crippen LogP contribution in [0.5, 0.6) is 11.5 Å². The molecule has 0 bridgehead atoms. The van der Waals surface area contributed by atoms with Gasteiger partial charge in [-0.1, -0.05) is 6.07 Å². The molecule has 110 valence electrons. The first kappa shape index (κ1) is 16.4. The molecule has 0 amide bonds. The van der Waals surface area contributed by atoms with E-state index in [0.29, 0.717) is 13.2 Å². The van der Waals surface area contributed by atoms with E-state index >= 15 is 0 Å². The topological polar surface area (TPSA) is 39.7 Å². The van der Waals surface area contributed by atoms with Crippen molar-refractivity contribution in [2.45, 2.75) is 19.9 Å². The minimum Gasteiger partial charge on any atom is -0.497 e. The summed E-state index contributed by atoms with van der Waals surface area (Å²) in [6.45, 7) is 4.65. The molecule has 4 nitrogen and oxygen atoms in total. The van der Waals surface area contributed by atoms with Crippen molar-refractivity contribution < 1.29 is 14.2 Å². The van der Waals surface area contributed by atoms with Crippen molar-refractivity contribution in [3.05, 3.63) is 23.8 Å². The van der Waals surface area contributed by atoms with E-state index in [1.54, 1.807) is 14.2 Å². The first-order valence-corrected chi connectivity index (χ1v) is 6.70. The third-order valence-corrected chi connectivity index (χ3v) is 2.73. The summed E-state index contributed by atoms with van der Waals surface area (Å²) in [7, 11) is 3.34. The molecule has 0 saturated heterocycles. The molecule has 20 heavy (non-hydrogen) atoms. The molecule has 0 aliphatic carbocycles. The van der Waals surface area contributed by atoms with Gasteiger partial charge in [-0.2, -0.15) is 0 Å². The maximum Gasteiger partial charge on any atom is 0.127 e. The molecule has 1 aromatic carbocycles. The second-order valence-electron chi connectivity index (χ2n) is 4.17. The summed E-state index contributed by atoms with van der Waals surface area (Å²) >= 11 is 0. The molecular weight excluding hydrogens is 254 g/mol. The molecule has 0 saturated carbocycles.